The van der Waals surface area contributed by atoms with Crippen molar-refractivity contribution in [2.75, 3.05) is 13.1 Å². The van der Waals surface area contributed by atoms with Crippen LogP contribution in [0.25, 0.3) is 0 Å². The van der Waals surface area contributed by atoms with Gasteiger partial charge in [-0.05, 0) is 45.4 Å². The number of likely N-dealkylation sites (tertiary alicyclic amines) is 1. The van der Waals surface area contributed by atoms with Crippen LogP contribution in [-0.2, 0) is 4.74 Å². The molecule has 2 rings (SSSR count). The van der Waals surface area contributed by atoms with Crippen LogP contribution in [-0.4, -0.2) is 40.9 Å². The largest absolute Gasteiger partial charge is 0.444 e. The number of hydrogen-bond donors (Lipinski definition) is 1. The Hall–Kier alpha value is -0.770. The molecule has 2 aliphatic rings. The first-order valence-electron chi connectivity index (χ1n) is 8.53. The van der Waals surface area contributed by atoms with E-state index >= 15 is 0 Å². The van der Waals surface area contributed by atoms with Crippen LogP contribution in [0.2, 0.25) is 0 Å². The van der Waals surface area contributed by atoms with Gasteiger partial charge in [0.15, 0.2) is 0 Å². The molecule has 1 aliphatic carbocycles. The summed E-state index contributed by atoms with van der Waals surface area (Å²) in [6.07, 6.45) is 7.87. The first kappa shape index (κ1) is 16.6. The molecule has 1 saturated carbocycles. The zero-order valence-corrected chi connectivity index (χ0v) is 13.8. The molecule has 0 bridgehead atoms. The van der Waals surface area contributed by atoms with Crippen LogP contribution in [0.5, 0.6) is 0 Å². The molecule has 4 nitrogen and oxygen atoms in total. The first-order valence-corrected chi connectivity index (χ1v) is 8.53. The number of amides is 1. The van der Waals surface area contributed by atoms with Crippen molar-refractivity contribution in [2.45, 2.75) is 77.4 Å². The predicted octanol–water partition coefficient (Wildman–Crippen LogP) is 3.57. The molecule has 0 radical (unpaired) electrons. The van der Waals surface area contributed by atoms with Gasteiger partial charge in [0.05, 0.1) is 12.6 Å². The van der Waals surface area contributed by atoms with Crippen LogP contribution in [0.15, 0.2) is 0 Å². The normalized spacial score (nSPS) is 31.6. The van der Waals surface area contributed by atoms with E-state index in [2.05, 4.69) is 0 Å². The monoisotopic (exact) mass is 297 g/mol. The fourth-order valence-electron chi connectivity index (χ4n) is 3.69. The van der Waals surface area contributed by atoms with Gasteiger partial charge in [0.1, 0.15) is 5.60 Å². The average Bonchev–Trinajstić information content (AvgIpc) is 2.48. The molecular weight excluding hydrogens is 266 g/mol. The first-order chi connectivity index (χ1) is 9.87. The van der Waals surface area contributed by atoms with Crippen molar-refractivity contribution in [3.8, 4) is 0 Å². The van der Waals surface area contributed by atoms with Crippen molar-refractivity contribution in [3.63, 3.8) is 0 Å². The maximum Gasteiger partial charge on any atom is 0.410 e. The molecule has 0 aromatic rings. The molecule has 4 heteroatoms. The van der Waals surface area contributed by atoms with E-state index < -0.39 is 11.7 Å². The van der Waals surface area contributed by atoms with Gasteiger partial charge in [-0.1, -0.05) is 32.1 Å². The molecule has 1 saturated heterocycles. The number of carbonyl (C=O) groups is 1. The molecule has 21 heavy (non-hydrogen) atoms. The molecule has 0 aromatic heterocycles. The van der Waals surface area contributed by atoms with Gasteiger partial charge in [0, 0.05) is 6.54 Å². The molecule has 1 heterocycles. The van der Waals surface area contributed by atoms with Gasteiger partial charge >= 0.3 is 6.09 Å². The van der Waals surface area contributed by atoms with E-state index in [1.54, 1.807) is 4.90 Å². The number of nitrogens with zero attached hydrogens (tertiary/aromatic N) is 1. The third-order valence-corrected chi connectivity index (χ3v) is 4.73. The molecular formula is C17H31NO3. The number of rotatable bonds is 0. The number of hydrogen-bond acceptors (Lipinski definition) is 3. The molecule has 1 amide bonds. The van der Waals surface area contributed by atoms with Crippen molar-refractivity contribution >= 4 is 6.09 Å². The van der Waals surface area contributed by atoms with Crippen molar-refractivity contribution in [3.05, 3.63) is 0 Å². The zero-order chi connectivity index (χ0) is 15.5. The Morgan fingerprint density at radius 1 is 1.05 bits per heavy atom. The van der Waals surface area contributed by atoms with E-state index in [9.17, 15) is 9.90 Å². The number of β-amino-alcohol motifs (C(OH)–C–C–N with tert-alkyl or cyclic N) is 1. The summed E-state index contributed by atoms with van der Waals surface area (Å²) in [6.45, 7) is 6.82. The lowest BCUT2D eigenvalue weighted by Crippen LogP contribution is -2.52. The Balaban J connectivity index is 2.00. The summed E-state index contributed by atoms with van der Waals surface area (Å²) in [4.78, 5) is 14.0. The highest BCUT2D eigenvalue weighted by Crippen LogP contribution is 2.34. The maximum absolute atomic E-state index is 12.2. The summed E-state index contributed by atoms with van der Waals surface area (Å²) in [7, 11) is 0. The highest BCUT2D eigenvalue weighted by atomic mass is 16.6. The summed E-state index contributed by atoms with van der Waals surface area (Å²) >= 11 is 0. The topological polar surface area (TPSA) is 49.8 Å². The van der Waals surface area contributed by atoms with E-state index in [1.807, 2.05) is 20.8 Å². The molecule has 3 unspecified atom stereocenters. The predicted molar refractivity (Wildman–Crippen MR) is 83.1 cm³/mol. The van der Waals surface area contributed by atoms with E-state index in [0.29, 0.717) is 18.4 Å². The number of piperidine rings is 1. The number of ether oxygens (including phenoxy) is 1. The maximum atomic E-state index is 12.2. The molecule has 0 aromatic carbocycles. The summed E-state index contributed by atoms with van der Waals surface area (Å²) in [5, 5.41) is 10.5. The Morgan fingerprint density at radius 3 is 2.33 bits per heavy atom. The lowest BCUT2D eigenvalue weighted by atomic mass is 9.78. The fraction of sp³-hybridized carbons (Fsp3) is 0.941. The number of aliphatic hydroxyl groups excluding tert-OH is 1. The minimum absolute atomic E-state index is 0.278. The lowest BCUT2D eigenvalue weighted by molar-refractivity contribution is -0.0377. The second kappa shape index (κ2) is 6.99. The van der Waals surface area contributed by atoms with Crippen molar-refractivity contribution < 1.29 is 14.6 Å². The van der Waals surface area contributed by atoms with Crippen molar-refractivity contribution in [2.24, 2.45) is 11.8 Å². The zero-order valence-electron chi connectivity index (χ0n) is 13.8. The molecule has 1 N–H and O–H groups in total. The standard InChI is InChI=1S/C17H31NO3/c1-17(2,3)21-16(20)18-11-13-9-7-5-4-6-8-10-14(13)15(19)12-18/h13-15,19H,4-12H2,1-3H3. The van der Waals surface area contributed by atoms with Gasteiger partial charge in [-0.25, -0.2) is 4.79 Å². The lowest BCUT2D eigenvalue weighted by Gasteiger charge is -2.42. The Morgan fingerprint density at radius 2 is 1.67 bits per heavy atom. The molecule has 2 fully saturated rings. The number of aliphatic hydroxyl groups is 1. The van der Waals surface area contributed by atoms with Crippen LogP contribution in [0.3, 0.4) is 0 Å². The SMILES string of the molecule is CC(C)(C)OC(=O)N1CC(O)C2CCCCCCCC2C1. The quantitative estimate of drug-likeness (QED) is 0.743. The van der Waals surface area contributed by atoms with Gasteiger partial charge in [0.2, 0.25) is 0 Å². The van der Waals surface area contributed by atoms with E-state index in [0.717, 1.165) is 19.4 Å². The highest BCUT2D eigenvalue weighted by molar-refractivity contribution is 5.68. The third kappa shape index (κ3) is 4.87. The van der Waals surface area contributed by atoms with Crippen molar-refractivity contribution in [1.82, 2.24) is 4.90 Å². The molecule has 1 aliphatic heterocycles. The van der Waals surface area contributed by atoms with Gasteiger partial charge < -0.3 is 14.7 Å². The summed E-state index contributed by atoms with van der Waals surface area (Å²) in [6, 6.07) is 0. The molecule has 122 valence electrons. The Bertz CT molecular complexity index is 350. The smallest absolute Gasteiger partial charge is 0.410 e. The van der Waals surface area contributed by atoms with Crippen LogP contribution < -0.4 is 0 Å². The summed E-state index contributed by atoms with van der Waals surface area (Å²) < 4.78 is 5.46. The minimum atomic E-state index is -0.475. The van der Waals surface area contributed by atoms with Gasteiger partial charge in [-0.15, -0.1) is 0 Å². The van der Waals surface area contributed by atoms with Gasteiger partial charge in [0.25, 0.3) is 0 Å². The van der Waals surface area contributed by atoms with Crippen molar-refractivity contribution in [1.29, 1.82) is 0 Å². The third-order valence-electron chi connectivity index (χ3n) is 4.73. The second-order valence-corrected chi connectivity index (χ2v) is 7.72. The fourth-order valence-corrected chi connectivity index (χ4v) is 3.69. The summed E-state index contributed by atoms with van der Waals surface area (Å²) in [5.74, 6) is 0.793. The highest BCUT2D eigenvalue weighted by Gasteiger charge is 2.38. The Labute approximate surface area is 128 Å². The molecule has 0 spiro atoms. The van der Waals surface area contributed by atoms with Crippen LogP contribution in [0.4, 0.5) is 4.79 Å². The number of fused-ring (bicyclic) bond motifs is 1. The van der Waals surface area contributed by atoms with Crippen LogP contribution in [0, 0.1) is 11.8 Å². The summed E-state index contributed by atoms with van der Waals surface area (Å²) in [5.41, 5.74) is -0.475. The van der Waals surface area contributed by atoms with Gasteiger partial charge in [-0.3, -0.25) is 0 Å². The van der Waals surface area contributed by atoms with E-state index in [4.69, 9.17) is 4.74 Å². The minimum Gasteiger partial charge on any atom is -0.444 e. The van der Waals surface area contributed by atoms with Crippen LogP contribution in [0.1, 0.15) is 65.7 Å². The number of carbonyl (C=O) groups excluding carboxylic acids is 1. The second-order valence-electron chi connectivity index (χ2n) is 7.72. The Kier molecular flexibility index (Phi) is 5.53. The van der Waals surface area contributed by atoms with Crippen LogP contribution >= 0.6 is 0 Å². The molecule has 3 atom stereocenters. The van der Waals surface area contributed by atoms with E-state index in [-0.39, 0.29) is 6.09 Å². The average molecular weight is 297 g/mol. The van der Waals surface area contributed by atoms with E-state index in [1.165, 1.54) is 32.1 Å². The van der Waals surface area contributed by atoms with Gasteiger partial charge in [-0.2, -0.15) is 0 Å².